The second-order valence-electron chi connectivity index (χ2n) is 5.40. The number of methoxy groups -OCH3 is 2. The van der Waals surface area contributed by atoms with Crippen molar-refractivity contribution in [3.8, 4) is 11.5 Å². The summed E-state index contributed by atoms with van der Waals surface area (Å²) in [6, 6.07) is 5.53. The minimum absolute atomic E-state index is 0.340. The van der Waals surface area contributed by atoms with Gasteiger partial charge < -0.3 is 23.4 Å². The summed E-state index contributed by atoms with van der Waals surface area (Å²) in [4.78, 5) is 3.96. The lowest BCUT2D eigenvalue weighted by Gasteiger charge is -2.24. The van der Waals surface area contributed by atoms with Crippen LogP contribution in [0.5, 0.6) is 11.5 Å². The van der Waals surface area contributed by atoms with Crippen molar-refractivity contribution in [2.75, 3.05) is 27.4 Å². The van der Waals surface area contributed by atoms with E-state index in [2.05, 4.69) is 10.1 Å². The van der Waals surface area contributed by atoms with E-state index in [1.54, 1.807) is 31.3 Å². The molecule has 1 aliphatic heterocycles. The van der Waals surface area contributed by atoms with E-state index >= 15 is 0 Å². The van der Waals surface area contributed by atoms with Crippen molar-refractivity contribution in [3.05, 3.63) is 36.6 Å². The molecule has 0 aliphatic carbocycles. The molecule has 0 spiro atoms. The van der Waals surface area contributed by atoms with Gasteiger partial charge in [-0.15, -0.1) is 0 Å². The Morgan fingerprint density at radius 2 is 2.00 bits per heavy atom. The predicted molar refractivity (Wildman–Crippen MR) is 82.9 cm³/mol. The number of ether oxygens (including phenoxy) is 4. The van der Waals surface area contributed by atoms with Gasteiger partial charge >= 0.3 is 0 Å². The topological polar surface area (TPSA) is 80.8 Å². The van der Waals surface area contributed by atoms with Crippen LogP contribution in [0.25, 0.3) is 11.0 Å². The SMILES string of the molecule is COc1cc(OC)c2oc(C3(Cn4cncn4)OCCO3)cc2c1. The molecule has 24 heavy (non-hydrogen) atoms. The van der Waals surface area contributed by atoms with Gasteiger partial charge in [-0.2, -0.15) is 5.10 Å². The highest BCUT2D eigenvalue weighted by Gasteiger charge is 2.43. The molecule has 0 radical (unpaired) electrons. The number of fused-ring (bicyclic) bond motifs is 1. The molecule has 8 nitrogen and oxygen atoms in total. The second-order valence-corrected chi connectivity index (χ2v) is 5.40. The van der Waals surface area contributed by atoms with Crippen LogP contribution in [0.1, 0.15) is 5.76 Å². The van der Waals surface area contributed by atoms with Gasteiger partial charge in [0.2, 0.25) is 5.79 Å². The maximum atomic E-state index is 6.03. The van der Waals surface area contributed by atoms with Crippen LogP contribution in [0.4, 0.5) is 0 Å². The highest BCUT2D eigenvalue weighted by molar-refractivity contribution is 5.85. The number of hydrogen-bond donors (Lipinski definition) is 0. The molecule has 0 N–H and O–H groups in total. The molecule has 126 valence electrons. The number of hydrogen-bond acceptors (Lipinski definition) is 7. The maximum Gasteiger partial charge on any atom is 0.249 e. The van der Waals surface area contributed by atoms with Gasteiger partial charge in [0, 0.05) is 11.5 Å². The van der Waals surface area contributed by atoms with Gasteiger partial charge in [0.05, 0.1) is 27.4 Å². The summed E-state index contributed by atoms with van der Waals surface area (Å²) in [6.07, 6.45) is 3.08. The van der Waals surface area contributed by atoms with Crippen molar-refractivity contribution in [3.63, 3.8) is 0 Å². The number of aromatic nitrogens is 3. The number of furan rings is 1. The Labute approximate surface area is 137 Å². The Kier molecular flexibility index (Phi) is 3.62. The van der Waals surface area contributed by atoms with Gasteiger partial charge in [-0.05, 0) is 12.1 Å². The largest absolute Gasteiger partial charge is 0.497 e. The average Bonchev–Trinajstić information content (AvgIpc) is 3.34. The Bertz CT molecular complexity index is 837. The summed E-state index contributed by atoms with van der Waals surface area (Å²) < 4.78 is 30.2. The predicted octanol–water partition coefficient (Wildman–Crippen LogP) is 1.94. The normalized spacial score (nSPS) is 16.6. The Balaban J connectivity index is 1.81. The quantitative estimate of drug-likeness (QED) is 0.706. The Morgan fingerprint density at radius 1 is 1.17 bits per heavy atom. The van der Waals surface area contributed by atoms with Crippen LogP contribution >= 0.6 is 0 Å². The lowest BCUT2D eigenvalue weighted by molar-refractivity contribution is -0.189. The summed E-state index contributed by atoms with van der Waals surface area (Å²) in [7, 11) is 3.20. The Hall–Kier alpha value is -2.58. The molecule has 3 aromatic rings. The van der Waals surface area contributed by atoms with E-state index in [-0.39, 0.29) is 0 Å². The minimum atomic E-state index is -1.04. The lowest BCUT2D eigenvalue weighted by Crippen LogP contribution is -2.32. The zero-order chi connectivity index (χ0) is 16.6. The maximum absolute atomic E-state index is 6.03. The van der Waals surface area contributed by atoms with Crippen LogP contribution in [0.2, 0.25) is 0 Å². The summed E-state index contributed by atoms with van der Waals surface area (Å²) in [5.74, 6) is 0.789. The first kappa shape index (κ1) is 15.0. The van der Waals surface area contributed by atoms with Crippen molar-refractivity contribution >= 4 is 11.0 Å². The fourth-order valence-electron chi connectivity index (χ4n) is 2.85. The molecule has 0 bridgehead atoms. The first-order chi connectivity index (χ1) is 11.7. The van der Waals surface area contributed by atoms with Gasteiger partial charge in [0.1, 0.15) is 24.9 Å². The van der Waals surface area contributed by atoms with E-state index in [9.17, 15) is 0 Å². The van der Waals surface area contributed by atoms with Crippen LogP contribution < -0.4 is 9.47 Å². The summed E-state index contributed by atoms with van der Waals surface area (Å²) in [5.41, 5.74) is 0.616. The molecule has 1 fully saturated rings. The molecule has 2 aromatic heterocycles. The van der Waals surface area contributed by atoms with Crippen molar-refractivity contribution in [1.82, 2.24) is 14.8 Å². The summed E-state index contributed by atoms with van der Waals surface area (Å²) in [5, 5.41) is 4.97. The number of benzene rings is 1. The molecule has 0 unspecified atom stereocenters. The summed E-state index contributed by atoms with van der Waals surface area (Å²) in [6.45, 7) is 1.30. The molecule has 0 atom stereocenters. The molecular weight excluding hydrogens is 314 g/mol. The van der Waals surface area contributed by atoms with Crippen molar-refractivity contribution in [2.24, 2.45) is 0 Å². The highest BCUT2D eigenvalue weighted by atomic mass is 16.7. The van der Waals surface area contributed by atoms with Crippen molar-refractivity contribution in [1.29, 1.82) is 0 Å². The minimum Gasteiger partial charge on any atom is -0.497 e. The van der Waals surface area contributed by atoms with Crippen LogP contribution in [-0.4, -0.2) is 42.2 Å². The smallest absolute Gasteiger partial charge is 0.249 e. The molecule has 1 aliphatic rings. The fraction of sp³-hybridized carbons (Fsp3) is 0.375. The molecule has 1 saturated heterocycles. The number of nitrogens with zero attached hydrogens (tertiary/aromatic N) is 3. The lowest BCUT2D eigenvalue weighted by atomic mass is 10.1. The van der Waals surface area contributed by atoms with E-state index in [0.717, 1.165) is 5.39 Å². The molecule has 3 heterocycles. The highest BCUT2D eigenvalue weighted by Crippen LogP contribution is 2.40. The van der Waals surface area contributed by atoms with E-state index in [1.165, 1.54) is 6.33 Å². The van der Waals surface area contributed by atoms with Crippen LogP contribution in [0.3, 0.4) is 0 Å². The zero-order valence-electron chi connectivity index (χ0n) is 13.4. The first-order valence-corrected chi connectivity index (χ1v) is 7.50. The molecule has 0 amide bonds. The molecular formula is C16H17N3O5. The van der Waals surface area contributed by atoms with Gasteiger partial charge in [0.15, 0.2) is 17.1 Å². The fourth-order valence-corrected chi connectivity index (χ4v) is 2.85. The van der Waals surface area contributed by atoms with Gasteiger partial charge in [-0.25, -0.2) is 9.67 Å². The second kappa shape index (κ2) is 5.81. The molecule has 0 saturated carbocycles. The van der Waals surface area contributed by atoms with E-state index in [1.807, 2.05) is 12.1 Å². The zero-order valence-corrected chi connectivity index (χ0v) is 13.4. The molecule has 4 rings (SSSR count). The van der Waals surface area contributed by atoms with Gasteiger partial charge in [0.25, 0.3) is 0 Å². The molecule has 1 aromatic carbocycles. The van der Waals surface area contributed by atoms with Crippen molar-refractivity contribution in [2.45, 2.75) is 12.3 Å². The first-order valence-electron chi connectivity index (χ1n) is 7.50. The standard InChI is InChI=1S/C16H17N3O5/c1-20-12-5-11-6-14(24-15(11)13(7-12)21-2)16(22-3-4-23-16)8-19-10-17-9-18-19/h5-7,9-10H,3-4,8H2,1-2H3. The molecule has 8 heteroatoms. The van der Waals surface area contributed by atoms with E-state index in [4.69, 9.17) is 23.4 Å². The third-order valence-electron chi connectivity index (χ3n) is 3.98. The third-order valence-corrected chi connectivity index (χ3v) is 3.98. The summed E-state index contributed by atoms with van der Waals surface area (Å²) >= 11 is 0. The van der Waals surface area contributed by atoms with E-state index < -0.39 is 5.79 Å². The van der Waals surface area contributed by atoms with Crippen molar-refractivity contribution < 1.29 is 23.4 Å². The monoisotopic (exact) mass is 331 g/mol. The van der Waals surface area contributed by atoms with E-state index in [0.29, 0.717) is 42.6 Å². The Morgan fingerprint density at radius 3 is 2.67 bits per heavy atom. The van der Waals surface area contributed by atoms with Crippen LogP contribution in [-0.2, 0) is 21.8 Å². The van der Waals surface area contributed by atoms with Crippen LogP contribution in [0.15, 0.2) is 35.3 Å². The third kappa shape index (κ3) is 2.40. The van der Waals surface area contributed by atoms with Gasteiger partial charge in [-0.1, -0.05) is 0 Å². The number of rotatable bonds is 5. The van der Waals surface area contributed by atoms with Gasteiger partial charge in [-0.3, -0.25) is 0 Å². The average molecular weight is 331 g/mol. The van der Waals surface area contributed by atoms with Crippen LogP contribution in [0, 0.1) is 0 Å².